The number of aryl methyl sites for hydroxylation is 1. The van der Waals surface area contributed by atoms with Crippen molar-refractivity contribution in [3.05, 3.63) is 29.3 Å². The van der Waals surface area contributed by atoms with E-state index >= 15 is 0 Å². The minimum absolute atomic E-state index is 0.0508. The molecule has 0 atom stereocenters. The first-order chi connectivity index (χ1) is 14.7. The summed E-state index contributed by atoms with van der Waals surface area (Å²) >= 11 is 0. The molecular weight excluding hydrogens is 376 g/mol. The summed E-state index contributed by atoms with van der Waals surface area (Å²) in [5.41, 5.74) is 2.47. The van der Waals surface area contributed by atoms with Crippen molar-refractivity contribution in [2.24, 2.45) is 4.99 Å². The average molecular weight is 417 g/mol. The highest BCUT2D eigenvalue weighted by Crippen LogP contribution is 2.40. The number of nitrogens with zero attached hydrogens (tertiary/aromatic N) is 2. The van der Waals surface area contributed by atoms with Gasteiger partial charge in [-0.05, 0) is 58.7 Å². The Balaban J connectivity index is 1.72. The topological polar surface area (TPSA) is 58.1 Å². The van der Waals surface area contributed by atoms with E-state index in [1.54, 1.807) is 7.11 Å². The number of aliphatic imine (C=N–C) groups is 1. The van der Waals surface area contributed by atoms with Gasteiger partial charge in [0.2, 0.25) is 0 Å². The number of nitrogens with one attached hydrogen (secondary N) is 2. The molecule has 0 aromatic heterocycles. The van der Waals surface area contributed by atoms with Crippen LogP contribution >= 0.6 is 0 Å². The van der Waals surface area contributed by atoms with Crippen LogP contribution in [0.4, 0.5) is 0 Å². The number of ether oxygens (including phenoxy) is 2. The summed E-state index contributed by atoms with van der Waals surface area (Å²) < 4.78 is 11.4. The molecule has 2 aliphatic rings. The molecule has 0 radical (unpaired) electrons. The number of benzene rings is 1. The first kappa shape index (κ1) is 22.9. The fraction of sp³-hybridized carbons (Fsp3) is 0.708. The average Bonchev–Trinajstić information content (AvgIpc) is 2.79. The lowest BCUT2D eigenvalue weighted by atomic mass is 9.73. The van der Waals surface area contributed by atoms with Crippen molar-refractivity contribution in [2.45, 2.75) is 51.4 Å². The van der Waals surface area contributed by atoms with Crippen LogP contribution in [0.5, 0.6) is 5.75 Å². The van der Waals surface area contributed by atoms with Gasteiger partial charge in [0, 0.05) is 43.8 Å². The maximum absolute atomic E-state index is 5.74. The van der Waals surface area contributed by atoms with Crippen molar-refractivity contribution in [3.8, 4) is 5.75 Å². The van der Waals surface area contributed by atoms with Crippen LogP contribution in [-0.4, -0.2) is 70.5 Å². The van der Waals surface area contributed by atoms with Gasteiger partial charge in [-0.2, -0.15) is 0 Å². The molecule has 0 aliphatic carbocycles. The van der Waals surface area contributed by atoms with Gasteiger partial charge in [0.15, 0.2) is 5.96 Å². The van der Waals surface area contributed by atoms with Crippen LogP contribution < -0.4 is 15.4 Å². The Labute approximate surface area is 182 Å². The normalized spacial score (nSPS) is 20.0. The summed E-state index contributed by atoms with van der Waals surface area (Å²) in [6.45, 7) is 11.9. The van der Waals surface area contributed by atoms with Crippen LogP contribution in [0.15, 0.2) is 23.2 Å². The van der Waals surface area contributed by atoms with E-state index in [9.17, 15) is 0 Å². The van der Waals surface area contributed by atoms with Gasteiger partial charge in [-0.25, -0.2) is 0 Å². The maximum atomic E-state index is 5.74. The molecule has 2 N–H and O–H groups in total. The molecule has 30 heavy (non-hydrogen) atoms. The van der Waals surface area contributed by atoms with Crippen LogP contribution in [0.3, 0.4) is 0 Å². The van der Waals surface area contributed by atoms with Gasteiger partial charge in [-0.1, -0.05) is 24.1 Å². The summed E-state index contributed by atoms with van der Waals surface area (Å²) in [5, 5.41) is 6.98. The smallest absolute Gasteiger partial charge is 0.191 e. The second-order valence-electron chi connectivity index (χ2n) is 8.62. The standard InChI is InChI=1S/C24H40N4O2/c1-4-25-23(26-12-15-28-13-6-5-7-14-28)27-19-24(10-16-30-17-11-24)21-18-20(2)8-9-22(21)29-3/h8-9,18H,4-7,10-17,19H2,1-3H3,(H2,25,26,27). The number of hydrogen-bond acceptors (Lipinski definition) is 4. The predicted molar refractivity (Wildman–Crippen MR) is 124 cm³/mol. The van der Waals surface area contributed by atoms with Gasteiger partial charge in [-0.15, -0.1) is 0 Å². The van der Waals surface area contributed by atoms with Gasteiger partial charge in [-0.3, -0.25) is 4.99 Å². The molecule has 3 rings (SSSR count). The minimum atomic E-state index is -0.0508. The highest BCUT2D eigenvalue weighted by molar-refractivity contribution is 5.79. The van der Waals surface area contributed by atoms with Crippen LogP contribution in [0.1, 0.15) is 50.2 Å². The quantitative estimate of drug-likeness (QED) is 0.504. The van der Waals surface area contributed by atoms with Crippen LogP contribution in [0, 0.1) is 6.92 Å². The van der Waals surface area contributed by atoms with Crippen LogP contribution in [0.25, 0.3) is 0 Å². The SMILES string of the molecule is CCNC(=NCC1(c2cc(C)ccc2OC)CCOCC1)NCCN1CCCCC1. The van der Waals surface area contributed by atoms with Crippen molar-refractivity contribution < 1.29 is 9.47 Å². The monoisotopic (exact) mass is 416 g/mol. The number of guanidine groups is 1. The molecule has 1 aromatic carbocycles. The maximum Gasteiger partial charge on any atom is 0.191 e. The Morgan fingerprint density at radius 2 is 1.93 bits per heavy atom. The molecule has 1 aromatic rings. The summed E-state index contributed by atoms with van der Waals surface area (Å²) in [4.78, 5) is 7.59. The van der Waals surface area contributed by atoms with Gasteiger partial charge >= 0.3 is 0 Å². The van der Waals surface area contributed by atoms with Gasteiger partial charge in [0.05, 0.1) is 13.7 Å². The molecule has 0 spiro atoms. The molecule has 6 nitrogen and oxygen atoms in total. The number of rotatable bonds is 8. The second-order valence-corrected chi connectivity index (χ2v) is 8.62. The molecule has 0 saturated carbocycles. The van der Waals surface area contributed by atoms with E-state index in [-0.39, 0.29) is 5.41 Å². The Morgan fingerprint density at radius 1 is 1.17 bits per heavy atom. The molecule has 0 bridgehead atoms. The summed E-state index contributed by atoms with van der Waals surface area (Å²) in [6, 6.07) is 6.48. The molecule has 168 valence electrons. The highest BCUT2D eigenvalue weighted by atomic mass is 16.5. The van der Waals surface area contributed by atoms with Crippen molar-refractivity contribution in [3.63, 3.8) is 0 Å². The summed E-state index contributed by atoms with van der Waals surface area (Å²) in [6.07, 6.45) is 5.96. The molecule has 0 unspecified atom stereocenters. The van der Waals surface area contributed by atoms with Crippen molar-refractivity contribution in [2.75, 3.05) is 59.6 Å². The number of piperidine rings is 1. The fourth-order valence-electron chi connectivity index (χ4n) is 4.60. The Kier molecular flexibility index (Phi) is 8.82. The molecule has 2 saturated heterocycles. The van der Waals surface area contributed by atoms with Crippen LogP contribution in [0.2, 0.25) is 0 Å². The predicted octanol–water partition coefficient (Wildman–Crippen LogP) is 3.09. The Bertz CT molecular complexity index is 680. The number of hydrogen-bond donors (Lipinski definition) is 2. The van der Waals surface area contributed by atoms with Crippen molar-refractivity contribution in [1.29, 1.82) is 0 Å². The lowest BCUT2D eigenvalue weighted by Crippen LogP contribution is -2.44. The third kappa shape index (κ3) is 6.11. The molecule has 0 amide bonds. The molecule has 2 fully saturated rings. The zero-order chi connectivity index (χ0) is 21.2. The number of methoxy groups -OCH3 is 1. The highest BCUT2D eigenvalue weighted by Gasteiger charge is 2.37. The van der Waals surface area contributed by atoms with E-state index in [1.807, 2.05) is 0 Å². The van der Waals surface area contributed by atoms with Crippen LogP contribution in [-0.2, 0) is 10.2 Å². The van der Waals surface area contributed by atoms with E-state index in [2.05, 4.69) is 47.6 Å². The summed E-state index contributed by atoms with van der Waals surface area (Å²) in [7, 11) is 1.76. The van der Waals surface area contributed by atoms with E-state index in [0.717, 1.165) is 63.9 Å². The Hall–Kier alpha value is -1.79. The second kappa shape index (κ2) is 11.6. The van der Waals surface area contributed by atoms with E-state index < -0.39 is 0 Å². The lowest BCUT2D eigenvalue weighted by molar-refractivity contribution is 0.0522. The third-order valence-electron chi connectivity index (χ3n) is 6.43. The van der Waals surface area contributed by atoms with Gasteiger partial charge in [0.25, 0.3) is 0 Å². The zero-order valence-electron chi connectivity index (χ0n) is 19.1. The molecule has 2 heterocycles. The zero-order valence-corrected chi connectivity index (χ0v) is 19.1. The fourth-order valence-corrected chi connectivity index (χ4v) is 4.60. The third-order valence-corrected chi connectivity index (χ3v) is 6.43. The van der Waals surface area contributed by atoms with E-state index in [4.69, 9.17) is 14.5 Å². The van der Waals surface area contributed by atoms with E-state index in [0.29, 0.717) is 0 Å². The first-order valence-electron chi connectivity index (χ1n) is 11.6. The van der Waals surface area contributed by atoms with E-state index in [1.165, 1.54) is 43.5 Å². The molecule has 2 aliphatic heterocycles. The van der Waals surface area contributed by atoms with Crippen molar-refractivity contribution in [1.82, 2.24) is 15.5 Å². The minimum Gasteiger partial charge on any atom is -0.496 e. The van der Waals surface area contributed by atoms with Crippen molar-refractivity contribution >= 4 is 5.96 Å². The molecular formula is C24H40N4O2. The lowest BCUT2D eigenvalue weighted by Gasteiger charge is -2.37. The Morgan fingerprint density at radius 3 is 2.63 bits per heavy atom. The largest absolute Gasteiger partial charge is 0.496 e. The van der Waals surface area contributed by atoms with Gasteiger partial charge < -0.3 is 25.0 Å². The number of likely N-dealkylation sites (tertiary alicyclic amines) is 1. The van der Waals surface area contributed by atoms with Gasteiger partial charge in [0.1, 0.15) is 5.75 Å². The molecule has 6 heteroatoms. The first-order valence-corrected chi connectivity index (χ1v) is 11.6. The summed E-state index contributed by atoms with van der Waals surface area (Å²) in [5.74, 6) is 1.87.